The summed E-state index contributed by atoms with van der Waals surface area (Å²) in [7, 11) is 1.63. The maximum atomic E-state index is 14.9. The average molecular weight is 989 g/mol. The van der Waals surface area contributed by atoms with Gasteiger partial charge in [-0.15, -0.1) is 16.9 Å². The summed E-state index contributed by atoms with van der Waals surface area (Å²) in [6.45, 7) is 3.63. The SMILES string of the molecule is CCN1CCN(C(=O)NC(C(=O)N[C@]2(NC=O)C(=O)N3C(C(=O)OC(c4ccccc4)c4ccccc4)=C(CSc4nnnn4C)CS[C@H]32)c2cc(OC(C)=O)c(OC(C)=O)cc2Cl)C(=O)C1=O. The van der Waals surface area contributed by atoms with Gasteiger partial charge in [0, 0.05) is 63.7 Å². The van der Waals surface area contributed by atoms with Gasteiger partial charge in [0.05, 0.1) is 5.02 Å². The standard InChI is InChI=1S/C43H41ClN10O12S2/c1-5-52-16-17-53(37(60)36(52)59)41(63)46-32(28-18-30(64-23(2)56)31(19-29(28)44)65-24(3)57)35(58)47-43(45-22-55)39(62)54-33(27(20-67-40(43)54)21-68-42-48-49-50-51(42)4)38(61)66-34(25-12-8-6-9-13-25)26-14-10-7-11-15-26/h6-15,18-19,22,32,34,40H,5,16-17,20-21H2,1-4H3,(H,45,55)(H,46,63)(H,47,58)/t32?,40-,43+/m0/s1. The molecule has 0 radical (unpaired) electrons. The van der Waals surface area contributed by atoms with Crippen LogP contribution in [0.5, 0.6) is 11.5 Å². The fourth-order valence-corrected chi connectivity index (χ4v) is 10.2. The van der Waals surface area contributed by atoms with Crippen LogP contribution in [0.4, 0.5) is 4.79 Å². The van der Waals surface area contributed by atoms with E-state index in [0.717, 1.165) is 42.6 Å². The topological polar surface area (TPSA) is 271 Å². The van der Waals surface area contributed by atoms with Crippen molar-refractivity contribution in [2.45, 2.75) is 49.1 Å². The van der Waals surface area contributed by atoms with Crippen molar-refractivity contribution in [2.75, 3.05) is 31.1 Å². The minimum absolute atomic E-state index is 0.0267. The number of likely N-dealkylation sites (N-methyl/N-ethyl adjacent to an activating group) is 1. The van der Waals surface area contributed by atoms with Crippen molar-refractivity contribution in [3.8, 4) is 11.5 Å². The highest BCUT2D eigenvalue weighted by Crippen LogP contribution is 2.47. The lowest BCUT2D eigenvalue weighted by atomic mass is 9.93. The Bertz CT molecular complexity index is 2690. The monoisotopic (exact) mass is 988 g/mol. The number of urea groups is 1. The van der Waals surface area contributed by atoms with Gasteiger partial charge < -0.3 is 35.1 Å². The lowest BCUT2D eigenvalue weighted by Crippen LogP contribution is -2.85. The first-order valence-corrected chi connectivity index (χ1v) is 23.0. The molecule has 3 N–H and O–H groups in total. The molecule has 1 aromatic heterocycles. The Kier molecular flexibility index (Phi) is 14.8. The second kappa shape index (κ2) is 20.7. The second-order valence-corrected chi connectivity index (χ2v) is 17.5. The summed E-state index contributed by atoms with van der Waals surface area (Å²) < 4.78 is 18.1. The van der Waals surface area contributed by atoms with E-state index in [0.29, 0.717) is 26.8 Å². The van der Waals surface area contributed by atoms with E-state index in [2.05, 4.69) is 31.5 Å². The Morgan fingerprint density at radius 1 is 0.941 bits per heavy atom. The Hall–Kier alpha value is -7.31. The zero-order valence-electron chi connectivity index (χ0n) is 36.5. The van der Waals surface area contributed by atoms with Crippen LogP contribution in [0.15, 0.2) is 89.2 Å². The van der Waals surface area contributed by atoms with Crippen LogP contribution in [0.3, 0.4) is 0 Å². The van der Waals surface area contributed by atoms with Gasteiger partial charge in [0.25, 0.3) is 5.91 Å². The normalized spacial score (nSPS) is 18.3. The minimum Gasteiger partial charge on any atom is -0.448 e. The number of halogens is 1. The molecular formula is C43H41ClN10O12S2. The third kappa shape index (κ3) is 9.87. The van der Waals surface area contributed by atoms with Crippen LogP contribution >= 0.6 is 35.1 Å². The molecule has 3 aliphatic rings. The van der Waals surface area contributed by atoms with Crippen LogP contribution in [-0.4, -0.2) is 131 Å². The maximum Gasteiger partial charge on any atom is 0.356 e. The highest BCUT2D eigenvalue weighted by atomic mass is 35.5. The molecule has 4 aromatic rings. The number of esters is 3. The number of carbonyl (C=O) groups is 9. The van der Waals surface area contributed by atoms with Crippen LogP contribution in [0.25, 0.3) is 0 Å². The van der Waals surface area contributed by atoms with E-state index in [1.165, 1.54) is 21.3 Å². The zero-order chi connectivity index (χ0) is 48.9. The molecule has 4 heterocycles. The smallest absolute Gasteiger partial charge is 0.356 e. The fraction of sp³-hybridized carbons (Fsp3) is 0.302. The lowest BCUT2D eigenvalue weighted by Gasteiger charge is -2.56. The molecule has 1 unspecified atom stereocenters. The molecule has 0 spiro atoms. The first-order chi connectivity index (χ1) is 32.6. The van der Waals surface area contributed by atoms with Crippen molar-refractivity contribution in [1.29, 1.82) is 0 Å². The number of fused-ring (bicyclic) bond motifs is 1. The molecule has 7 amide bonds. The molecular weight excluding hydrogens is 948 g/mol. The number of β-lactam (4-membered cyclic amide) rings is 1. The van der Waals surface area contributed by atoms with Gasteiger partial charge in [0.1, 0.15) is 17.1 Å². The number of hydrogen-bond acceptors (Lipinski definition) is 17. The van der Waals surface area contributed by atoms with Crippen molar-refractivity contribution in [1.82, 2.24) is 50.9 Å². The van der Waals surface area contributed by atoms with Crippen molar-refractivity contribution < 1.29 is 57.4 Å². The minimum atomic E-state index is -2.32. The quantitative estimate of drug-likeness (QED) is 0.0276. The van der Waals surface area contributed by atoms with Gasteiger partial charge in [-0.3, -0.25) is 43.4 Å². The number of carbonyl (C=O) groups excluding carboxylic acids is 9. The molecule has 2 saturated heterocycles. The van der Waals surface area contributed by atoms with Crippen molar-refractivity contribution >= 4 is 89.1 Å². The third-order valence-electron chi connectivity index (χ3n) is 10.7. The van der Waals surface area contributed by atoms with Crippen molar-refractivity contribution in [3.05, 3.63) is 106 Å². The molecule has 0 bridgehead atoms. The summed E-state index contributed by atoms with van der Waals surface area (Å²) in [5.74, 6) is -7.66. The number of nitrogens with zero attached hydrogens (tertiary/aromatic N) is 7. The Balaban J connectivity index is 1.27. The van der Waals surface area contributed by atoms with Gasteiger partial charge in [-0.05, 0) is 40.1 Å². The van der Waals surface area contributed by atoms with Crippen molar-refractivity contribution in [2.24, 2.45) is 7.05 Å². The third-order valence-corrected chi connectivity index (χ3v) is 13.5. The molecule has 3 aliphatic heterocycles. The van der Waals surface area contributed by atoms with Gasteiger partial charge in [-0.1, -0.05) is 84.0 Å². The average Bonchev–Trinajstić information content (AvgIpc) is 3.74. The first kappa shape index (κ1) is 48.6. The Labute approximate surface area is 400 Å². The van der Waals surface area contributed by atoms with Gasteiger partial charge >= 0.3 is 35.8 Å². The van der Waals surface area contributed by atoms with E-state index in [9.17, 15) is 43.2 Å². The van der Waals surface area contributed by atoms with E-state index in [1.807, 2.05) is 0 Å². The summed E-state index contributed by atoms with van der Waals surface area (Å²) in [6.07, 6.45) is -0.780. The summed E-state index contributed by atoms with van der Waals surface area (Å²) in [4.78, 5) is 124. The number of piperazine rings is 1. The van der Waals surface area contributed by atoms with Crippen LogP contribution in [0.2, 0.25) is 5.02 Å². The number of tetrazole rings is 1. The first-order valence-electron chi connectivity index (χ1n) is 20.6. The number of rotatable bonds is 16. The number of benzene rings is 3. The van der Waals surface area contributed by atoms with Gasteiger partial charge in [-0.2, -0.15) is 0 Å². The predicted molar refractivity (Wildman–Crippen MR) is 240 cm³/mol. The molecule has 3 aromatic carbocycles. The molecule has 25 heteroatoms. The predicted octanol–water partition coefficient (Wildman–Crippen LogP) is 2.01. The van der Waals surface area contributed by atoms with Crippen LogP contribution < -0.4 is 25.4 Å². The largest absolute Gasteiger partial charge is 0.448 e. The van der Waals surface area contributed by atoms with E-state index < -0.39 is 76.5 Å². The number of hydrogen-bond donors (Lipinski definition) is 3. The number of aromatic nitrogens is 4. The van der Waals surface area contributed by atoms with E-state index >= 15 is 0 Å². The number of imide groups is 1. The molecule has 22 nitrogen and oxygen atoms in total. The summed E-state index contributed by atoms with van der Waals surface area (Å²) >= 11 is 8.94. The molecule has 0 saturated carbocycles. The molecule has 3 atom stereocenters. The van der Waals surface area contributed by atoms with Gasteiger partial charge in [0.15, 0.2) is 17.6 Å². The van der Waals surface area contributed by atoms with Crippen molar-refractivity contribution in [3.63, 3.8) is 0 Å². The Morgan fingerprint density at radius 2 is 1.57 bits per heavy atom. The number of amides is 7. The Morgan fingerprint density at radius 3 is 2.15 bits per heavy atom. The van der Waals surface area contributed by atoms with Crippen LogP contribution in [0, 0.1) is 0 Å². The van der Waals surface area contributed by atoms with E-state index in [-0.39, 0.29) is 59.6 Å². The summed E-state index contributed by atoms with van der Waals surface area (Å²) in [5.41, 5.74) is -1.13. The van der Waals surface area contributed by atoms with Crippen LogP contribution in [0.1, 0.15) is 49.6 Å². The summed E-state index contributed by atoms with van der Waals surface area (Å²) in [6, 6.07) is 16.6. The highest BCUT2D eigenvalue weighted by Gasteiger charge is 2.66. The number of aryl methyl sites for hydroxylation is 1. The maximum absolute atomic E-state index is 14.9. The highest BCUT2D eigenvalue weighted by molar-refractivity contribution is 8.01. The molecule has 7 rings (SSSR count). The zero-order valence-corrected chi connectivity index (χ0v) is 38.9. The summed E-state index contributed by atoms with van der Waals surface area (Å²) in [5, 5.41) is 17.7. The van der Waals surface area contributed by atoms with E-state index in [4.69, 9.17) is 25.8 Å². The number of ether oxygens (including phenoxy) is 3. The molecule has 2 fully saturated rings. The second-order valence-electron chi connectivity index (χ2n) is 15.1. The number of thioether (sulfide) groups is 2. The molecule has 0 aliphatic carbocycles. The van der Waals surface area contributed by atoms with Crippen LogP contribution in [-0.2, 0) is 50.1 Å². The fourth-order valence-electron chi connectivity index (χ4n) is 7.50. The lowest BCUT2D eigenvalue weighted by molar-refractivity contribution is -0.164. The molecule has 354 valence electrons. The van der Waals surface area contributed by atoms with E-state index in [1.54, 1.807) is 74.6 Å². The number of nitrogens with one attached hydrogen (secondary N) is 3. The molecule has 68 heavy (non-hydrogen) atoms. The van der Waals surface area contributed by atoms with Gasteiger partial charge in [0.2, 0.25) is 23.1 Å². The van der Waals surface area contributed by atoms with Gasteiger partial charge in [-0.25, -0.2) is 14.3 Å².